The van der Waals surface area contributed by atoms with E-state index in [9.17, 15) is 0 Å². The Balaban J connectivity index is 3.91. The van der Waals surface area contributed by atoms with Crippen molar-refractivity contribution < 1.29 is 14.6 Å². The Morgan fingerprint density at radius 1 is 1.18 bits per heavy atom. The van der Waals surface area contributed by atoms with Crippen LogP contribution in [0.1, 0.15) is 47.0 Å². The normalized spacial score (nSPS) is 15.2. The molecule has 0 rings (SSSR count). The van der Waals surface area contributed by atoms with Crippen molar-refractivity contribution in [2.75, 3.05) is 26.4 Å². The highest BCUT2D eigenvalue weighted by atomic mass is 16.7. The lowest BCUT2D eigenvalue weighted by molar-refractivity contribution is -0.139. The van der Waals surface area contributed by atoms with Crippen LogP contribution < -0.4 is 5.32 Å². The third-order valence-electron chi connectivity index (χ3n) is 3.08. The number of ether oxygens (including phenoxy) is 2. The molecular weight excluding hydrogens is 218 g/mol. The molecule has 0 saturated carbocycles. The quantitative estimate of drug-likeness (QED) is 0.548. The van der Waals surface area contributed by atoms with Crippen LogP contribution in [0.3, 0.4) is 0 Å². The van der Waals surface area contributed by atoms with Crippen molar-refractivity contribution in [1.29, 1.82) is 0 Å². The lowest BCUT2D eigenvalue weighted by Crippen LogP contribution is -2.44. The van der Waals surface area contributed by atoms with Gasteiger partial charge in [0.05, 0.1) is 0 Å². The molecular formula is C13H29NO3. The van der Waals surface area contributed by atoms with Crippen LogP contribution in [0.5, 0.6) is 0 Å². The van der Waals surface area contributed by atoms with Crippen LogP contribution >= 0.6 is 0 Å². The number of rotatable bonds is 11. The third-order valence-corrected chi connectivity index (χ3v) is 3.08. The van der Waals surface area contributed by atoms with Crippen LogP contribution in [0.15, 0.2) is 0 Å². The monoisotopic (exact) mass is 247 g/mol. The summed E-state index contributed by atoms with van der Waals surface area (Å²) in [6.45, 7) is 10.6. The van der Waals surface area contributed by atoms with Gasteiger partial charge in [0.1, 0.15) is 0 Å². The molecule has 0 aliphatic heterocycles. The molecule has 0 saturated heterocycles. The zero-order chi connectivity index (χ0) is 13.1. The highest BCUT2D eigenvalue weighted by molar-refractivity contribution is 4.81. The van der Waals surface area contributed by atoms with E-state index in [1.54, 1.807) is 0 Å². The van der Waals surface area contributed by atoms with Crippen molar-refractivity contribution in [3.05, 3.63) is 0 Å². The lowest BCUT2D eigenvalue weighted by Gasteiger charge is -2.30. The minimum absolute atomic E-state index is 0.0116. The third kappa shape index (κ3) is 7.71. The topological polar surface area (TPSA) is 50.7 Å². The van der Waals surface area contributed by atoms with Crippen molar-refractivity contribution in [3.8, 4) is 0 Å². The summed E-state index contributed by atoms with van der Waals surface area (Å²) in [5.74, 6) is 0. The largest absolute Gasteiger partial charge is 0.396 e. The highest BCUT2D eigenvalue weighted by Gasteiger charge is 2.20. The van der Waals surface area contributed by atoms with E-state index in [2.05, 4.69) is 19.2 Å². The van der Waals surface area contributed by atoms with E-state index in [1.165, 1.54) is 0 Å². The van der Waals surface area contributed by atoms with Gasteiger partial charge >= 0.3 is 0 Å². The van der Waals surface area contributed by atoms with Gasteiger partial charge < -0.3 is 19.9 Å². The first-order valence-corrected chi connectivity index (χ1v) is 6.71. The summed E-state index contributed by atoms with van der Waals surface area (Å²) in [7, 11) is 0. The van der Waals surface area contributed by atoms with Crippen molar-refractivity contribution in [2.24, 2.45) is 0 Å². The van der Waals surface area contributed by atoms with Crippen LogP contribution in [0.25, 0.3) is 0 Å². The fraction of sp³-hybridized carbons (Fsp3) is 1.00. The Morgan fingerprint density at radius 3 is 2.18 bits per heavy atom. The second-order valence-corrected chi connectivity index (χ2v) is 4.44. The first kappa shape index (κ1) is 16.8. The minimum atomic E-state index is -0.118. The summed E-state index contributed by atoms with van der Waals surface area (Å²) in [5.41, 5.74) is 0.0116. The molecule has 0 aromatic heterocycles. The number of hydrogen-bond acceptors (Lipinski definition) is 4. The van der Waals surface area contributed by atoms with Crippen molar-refractivity contribution in [2.45, 2.75) is 58.8 Å². The van der Waals surface area contributed by atoms with Gasteiger partial charge in [0.15, 0.2) is 6.29 Å². The molecule has 0 fully saturated rings. The molecule has 0 aromatic rings. The summed E-state index contributed by atoms with van der Waals surface area (Å²) < 4.78 is 11.0. The molecule has 0 heterocycles. The van der Waals surface area contributed by atoms with Crippen LogP contribution in [0.2, 0.25) is 0 Å². The highest BCUT2D eigenvalue weighted by Crippen LogP contribution is 2.14. The molecule has 0 radical (unpaired) electrons. The fourth-order valence-electron chi connectivity index (χ4n) is 1.72. The predicted octanol–water partition coefficient (Wildman–Crippen LogP) is 1.92. The van der Waals surface area contributed by atoms with Gasteiger partial charge in [-0.25, -0.2) is 0 Å². The van der Waals surface area contributed by atoms with Crippen LogP contribution in [0, 0.1) is 0 Å². The van der Waals surface area contributed by atoms with Crippen molar-refractivity contribution >= 4 is 0 Å². The Hall–Kier alpha value is -0.160. The van der Waals surface area contributed by atoms with Crippen molar-refractivity contribution in [1.82, 2.24) is 5.32 Å². The molecule has 0 aromatic carbocycles. The van der Waals surface area contributed by atoms with E-state index in [-0.39, 0.29) is 18.4 Å². The van der Waals surface area contributed by atoms with Gasteiger partial charge in [-0.1, -0.05) is 6.92 Å². The van der Waals surface area contributed by atoms with E-state index < -0.39 is 0 Å². The molecule has 4 heteroatoms. The summed E-state index contributed by atoms with van der Waals surface area (Å²) in [5, 5.41) is 12.5. The van der Waals surface area contributed by atoms with Gasteiger partial charge in [-0.05, 0) is 33.6 Å². The van der Waals surface area contributed by atoms with Gasteiger partial charge in [0, 0.05) is 38.3 Å². The molecule has 0 spiro atoms. The summed E-state index contributed by atoms with van der Waals surface area (Å²) >= 11 is 0. The van der Waals surface area contributed by atoms with Crippen LogP contribution in [0.4, 0.5) is 0 Å². The lowest BCUT2D eigenvalue weighted by atomic mass is 9.95. The molecule has 0 amide bonds. The second kappa shape index (κ2) is 9.83. The molecule has 1 atom stereocenters. The van der Waals surface area contributed by atoms with E-state index >= 15 is 0 Å². The SMILES string of the molecule is CCOC(CCNC(C)(CC)CCO)OCC. The maximum absolute atomic E-state index is 9.02. The van der Waals surface area contributed by atoms with E-state index in [0.717, 1.165) is 25.8 Å². The zero-order valence-corrected chi connectivity index (χ0v) is 11.8. The number of nitrogens with one attached hydrogen (secondary N) is 1. The Morgan fingerprint density at radius 2 is 1.76 bits per heavy atom. The number of hydrogen-bond donors (Lipinski definition) is 2. The average molecular weight is 247 g/mol. The van der Waals surface area contributed by atoms with Gasteiger partial charge in [0.2, 0.25) is 0 Å². The van der Waals surface area contributed by atoms with Gasteiger partial charge in [0.25, 0.3) is 0 Å². The Bertz CT molecular complexity index is 172. The first-order chi connectivity index (χ1) is 8.11. The van der Waals surface area contributed by atoms with E-state index in [4.69, 9.17) is 14.6 Å². The summed E-state index contributed by atoms with van der Waals surface area (Å²) in [6, 6.07) is 0. The first-order valence-electron chi connectivity index (χ1n) is 6.71. The molecule has 0 bridgehead atoms. The molecule has 104 valence electrons. The van der Waals surface area contributed by atoms with Crippen molar-refractivity contribution in [3.63, 3.8) is 0 Å². The number of aliphatic hydroxyl groups is 1. The second-order valence-electron chi connectivity index (χ2n) is 4.44. The molecule has 1 unspecified atom stereocenters. The molecule has 2 N–H and O–H groups in total. The van der Waals surface area contributed by atoms with E-state index in [0.29, 0.717) is 13.2 Å². The molecule has 0 aliphatic carbocycles. The Labute approximate surface area is 106 Å². The standard InChI is InChI=1S/C13H29NO3/c1-5-13(4,9-11-15)14-10-8-12(16-6-2)17-7-3/h12,14-15H,5-11H2,1-4H3. The molecule has 17 heavy (non-hydrogen) atoms. The van der Waals surface area contributed by atoms with Crippen LogP contribution in [-0.2, 0) is 9.47 Å². The van der Waals surface area contributed by atoms with Crippen LogP contribution in [-0.4, -0.2) is 43.3 Å². The fourth-order valence-corrected chi connectivity index (χ4v) is 1.72. The average Bonchev–Trinajstić information content (AvgIpc) is 2.30. The molecule has 4 nitrogen and oxygen atoms in total. The summed E-state index contributed by atoms with van der Waals surface area (Å²) in [4.78, 5) is 0. The Kier molecular flexibility index (Phi) is 9.74. The zero-order valence-electron chi connectivity index (χ0n) is 11.8. The van der Waals surface area contributed by atoms with Gasteiger partial charge in [-0.2, -0.15) is 0 Å². The summed E-state index contributed by atoms with van der Waals surface area (Å²) in [6.07, 6.45) is 2.49. The van der Waals surface area contributed by atoms with Gasteiger partial charge in [-0.15, -0.1) is 0 Å². The van der Waals surface area contributed by atoms with E-state index in [1.807, 2.05) is 13.8 Å². The maximum atomic E-state index is 9.02. The number of aliphatic hydroxyl groups excluding tert-OH is 1. The van der Waals surface area contributed by atoms with Gasteiger partial charge in [-0.3, -0.25) is 0 Å². The maximum Gasteiger partial charge on any atom is 0.158 e. The predicted molar refractivity (Wildman–Crippen MR) is 70.1 cm³/mol. The minimum Gasteiger partial charge on any atom is -0.396 e. The molecule has 0 aliphatic rings. The smallest absolute Gasteiger partial charge is 0.158 e.